The summed E-state index contributed by atoms with van der Waals surface area (Å²) in [4.78, 5) is 12.5. The first-order valence-electron chi connectivity index (χ1n) is 9.92. The lowest BCUT2D eigenvalue weighted by Crippen LogP contribution is -2.32. The van der Waals surface area contributed by atoms with Crippen LogP contribution in [0.15, 0.2) is 36.4 Å². The van der Waals surface area contributed by atoms with Gasteiger partial charge in [0.1, 0.15) is 11.9 Å². The first-order chi connectivity index (χ1) is 12.4. The quantitative estimate of drug-likeness (QED) is 0.578. The third kappa shape index (κ3) is 2.86. The fourth-order valence-corrected chi connectivity index (χ4v) is 5.79. The van der Waals surface area contributed by atoms with Gasteiger partial charge < -0.3 is 9.47 Å². The smallest absolute Gasteiger partial charge is 0.309 e. The second kappa shape index (κ2) is 6.44. The molecule has 1 saturated heterocycles. The third-order valence-corrected chi connectivity index (χ3v) is 7.06. The lowest BCUT2D eigenvalue weighted by molar-refractivity contribution is -0.148. The van der Waals surface area contributed by atoms with Gasteiger partial charge in [0.05, 0.1) is 13.0 Å². The molecule has 0 unspecified atom stereocenters. The summed E-state index contributed by atoms with van der Waals surface area (Å²) in [6.07, 6.45) is 5.22. The third-order valence-electron chi connectivity index (χ3n) is 7.06. The summed E-state index contributed by atoms with van der Waals surface area (Å²) < 4.78 is 11.2. The van der Waals surface area contributed by atoms with Crippen LogP contribution in [0.25, 0.3) is 0 Å². The van der Waals surface area contributed by atoms with Gasteiger partial charge in [0, 0.05) is 11.3 Å². The van der Waals surface area contributed by atoms with E-state index < -0.39 is 0 Å². The maximum absolute atomic E-state index is 12.5. The summed E-state index contributed by atoms with van der Waals surface area (Å²) in [6.45, 7) is 9.01. The van der Waals surface area contributed by atoms with E-state index in [9.17, 15) is 4.79 Å². The zero-order valence-corrected chi connectivity index (χ0v) is 16.2. The first-order valence-corrected chi connectivity index (χ1v) is 9.92. The molecule has 3 heteroatoms. The summed E-state index contributed by atoms with van der Waals surface area (Å²) in [5, 5.41) is 0. The number of ether oxygens (including phenoxy) is 2. The minimum atomic E-state index is 0.0495. The molecule has 1 aromatic rings. The Morgan fingerprint density at radius 3 is 2.69 bits per heavy atom. The molecule has 2 saturated carbocycles. The highest BCUT2D eigenvalue weighted by Crippen LogP contribution is 2.59. The number of esters is 1. The van der Waals surface area contributed by atoms with Crippen molar-refractivity contribution in [2.24, 2.45) is 29.1 Å². The molecule has 5 atom stereocenters. The van der Waals surface area contributed by atoms with Gasteiger partial charge in [-0.2, -0.15) is 0 Å². The van der Waals surface area contributed by atoms with E-state index in [4.69, 9.17) is 9.47 Å². The molecule has 0 radical (unpaired) electrons. The minimum absolute atomic E-state index is 0.0495. The van der Waals surface area contributed by atoms with E-state index in [0.717, 1.165) is 37.9 Å². The topological polar surface area (TPSA) is 35.5 Å². The molecule has 3 aliphatic rings. The van der Waals surface area contributed by atoms with E-state index in [-0.39, 0.29) is 23.4 Å². The predicted molar refractivity (Wildman–Crippen MR) is 102 cm³/mol. The Labute approximate surface area is 156 Å². The second-order valence-corrected chi connectivity index (χ2v) is 9.11. The van der Waals surface area contributed by atoms with Crippen LogP contribution in [0.2, 0.25) is 0 Å². The van der Waals surface area contributed by atoms with Crippen LogP contribution < -0.4 is 4.74 Å². The SMILES string of the molecule is C=C1CCC[C@H]2C(=O)O[C@H]3[C@@H]2[C@H](CC3(C)C)[C@H]1Cc1ccc(OC)cc1. The molecule has 26 heavy (non-hydrogen) atoms. The van der Waals surface area contributed by atoms with E-state index in [0.29, 0.717) is 17.8 Å². The standard InChI is InChI=1S/C23H30O3/c1-14-6-5-7-17-20-19(13-23(2,3)21(20)26-22(17)24)18(14)12-15-8-10-16(25-4)11-9-15/h8-11,17-21H,1,5-7,12-13H2,2-4H3/t17-,18+,19-,20+,21+/m1/s1. The predicted octanol–water partition coefficient (Wildman–Crippen LogP) is 4.80. The number of carbonyl (C=O) groups is 1. The number of allylic oxidation sites excluding steroid dienone is 1. The van der Waals surface area contributed by atoms with E-state index in [1.165, 1.54) is 11.1 Å². The van der Waals surface area contributed by atoms with E-state index in [2.05, 4.69) is 32.6 Å². The lowest BCUT2D eigenvalue weighted by atomic mass is 9.69. The van der Waals surface area contributed by atoms with Gasteiger partial charge in [-0.15, -0.1) is 0 Å². The molecule has 0 spiro atoms. The van der Waals surface area contributed by atoms with Gasteiger partial charge in [-0.05, 0) is 61.6 Å². The van der Waals surface area contributed by atoms with Crippen LogP contribution >= 0.6 is 0 Å². The molecule has 2 aliphatic carbocycles. The zero-order chi connectivity index (χ0) is 18.5. The Kier molecular flexibility index (Phi) is 4.37. The highest BCUT2D eigenvalue weighted by Gasteiger charge is 2.61. The van der Waals surface area contributed by atoms with Crippen molar-refractivity contribution < 1.29 is 14.3 Å². The largest absolute Gasteiger partial charge is 0.497 e. The van der Waals surface area contributed by atoms with Gasteiger partial charge in [0.25, 0.3) is 0 Å². The van der Waals surface area contributed by atoms with Crippen molar-refractivity contribution in [2.45, 2.75) is 52.1 Å². The summed E-state index contributed by atoms with van der Waals surface area (Å²) in [5.41, 5.74) is 2.74. The van der Waals surface area contributed by atoms with E-state index in [1.54, 1.807) is 7.11 Å². The van der Waals surface area contributed by atoms with E-state index in [1.807, 2.05) is 12.1 Å². The molecule has 1 heterocycles. The summed E-state index contributed by atoms with van der Waals surface area (Å²) in [6, 6.07) is 8.40. The van der Waals surface area contributed by atoms with Crippen LogP contribution in [0.4, 0.5) is 0 Å². The van der Waals surface area contributed by atoms with Gasteiger partial charge in [-0.1, -0.05) is 38.1 Å². The minimum Gasteiger partial charge on any atom is -0.497 e. The molecular weight excluding hydrogens is 324 g/mol. The van der Waals surface area contributed by atoms with E-state index >= 15 is 0 Å². The van der Waals surface area contributed by atoms with Crippen molar-refractivity contribution in [1.29, 1.82) is 0 Å². The van der Waals surface area contributed by atoms with Gasteiger partial charge in [0.15, 0.2) is 0 Å². The number of hydrogen-bond acceptors (Lipinski definition) is 3. The van der Waals surface area contributed by atoms with Crippen molar-refractivity contribution >= 4 is 5.97 Å². The molecule has 3 nitrogen and oxygen atoms in total. The molecule has 3 fully saturated rings. The molecule has 0 amide bonds. The number of methoxy groups -OCH3 is 1. The van der Waals surface area contributed by atoms with Crippen LogP contribution in [0.3, 0.4) is 0 Å². The fraction of sp³-hybridized carbons (Fsp3) is 0.609. The van der Waals surface area contributed by atoms with Gasteiger partial charge in [-0.25, -0.2) is 0 Å². The average Bonchev–Trinajstić information content (AvgIpc) is 3.06. The number of hydrogen-bond donors (Lipinski definition) is 0. The maximum atomic E-state index is 12.5. The monoisotopic (exact) mass is 354 g/mol. The van der Waals surface area contributed by atoms with Crippen LogP contribution in [-0.2, 0) is 16.0 Å². The summed E-state index contributed by atoms with van der Waals surface area (Å²) in [7, 11) is 1.70. The van der Waals surface area contributed by atoms with Crippen molar-refractivity contribution in [3.05, 3.63) is 42.0 Å². The highest BCUT2D eigenvalue weighted by molar-refractivity contribution is 5.76. The molecule has 1 aromatic carbocycles. The number of benzene rings is 1. The molecule has 0 aromatic heterocycles. The Bertz CT molecular complexity index is 703. The Morgan fingerprint density at radius 2 is 2.00 bits per heavy atom. The summed E-state index contributed by atoms with van der Waals surface area (Å²) >= 11 is 0. The van der Waals surface area contributed by atoms with Crippen molar-refractivity contribution in [3.8, 4) is 5.75 Å². The van der Waals surface area contributed by atoms with Crippen molar-refractivity contribution in [1.82, 2.24) is 0 Å². The first kappa shape index (κ1) is 17.6. The van der Waals surface area contributed by atoms with Crippen LogP contribution in [0, 0.1) is 29.1 Å². The van der Waals surface area contributed by atoms with Gasteiger partial charge >= 0.3 is 5.97 Å². The zero-order valence-electron chi connectivity index (χ0n) is 16.2. The number of carbonyl (C=O) groups excluding carboxylic acids is 1. The van der Waals surface area contributed by atoms with Crippen molar-refractivity contribution in [3.63, 3.8) is 0 Å². The molecule has 0 N–H and O–H groups in total. The maximum Gasteiger partial charge on any atom is 0.309 e. The van der Waals surface area contributed by atoms with Crippen molar-refractivity contribution in [2.75, 3.05) is 7.11 Å². The van der Waals surface area contributed by atoms with Crippen LogP contribution in [0.1, 0.15) is 45.1 Å². The Morgan fingerprint density at radius 1 is 1.27 bits per heavy atom. The molecule has 0 bridgehead atoms. The molecular formula is C23H30O3. The second-order valence-electron chi connectivity index (χ2n) is 9.11. The van der Waals surface area contributed by atoms with Crippen LogP contribution in [-0.4, -0.2) is 19.2 Å². The average molecular weight is 354 g/mol. The molecule has 140 valence electrons. The normalized spacial score (nSPS) is 35.4. The number of rotatable bonds is 3. The lowest BCUT2D eigenvalue weighted by Gasteiger charge is -2.34. The van der Waals surface area contributed by atoms with Crippen LogP contribution in [0.5, 0.6) is 5.75 Å². The highest BCUT2D eigenvalue weighted by atomic mass is 16.6. The van der Waals surface area contributed by atoms with Gasteiger partial charge in [-0.3, -0.25) is 4.79 Å². The summed E-state index contributed by atoms with van der Waals surface area (Å²) in [5.74, 6) is 2.31. The molecule has 4 rings (SSSR count). The molecule has 1 aliphatic heterocycles. The Balaban J connectivity index is 1.65. The Hall–Kier alpha value is -1.77. The fourth-order valence-electron chi connectivity index (χ4n) is 5.79. The van der Waals surface area contributed by atoms with Gasteiger partial charge in [0.2, 0.25) is 0 Å².